The molecule has 6 nitrogen and oxygen atoms in total. The van der Waals surface area contributed by atoms with Crippen LogP contribution in [0.1, 0.15) is 13.8 Å². The summed E-state index contributed by atoms with van der Waals surface area (Å²) in [5.74, 6) is -0.204. The predicted molar refractivity (Wildman–Crippen MR) is 93.1 cm³/mol. The molecule has 126 valence electrons. The maximum Gasteiger partial charge on any atom is 0.331 e. The number of carbonyl (C=O) groups excluding carboxylic acids is 2. The minimum Gasteiger partial charge on any atom is -0.497 e. The molecule has 24 heavy (non-hydrogen) atoms. The summed E-state index contributed by atoms with van der Waals surface area (Å²) < 4.78 is 9.95. The van der Waals surface area contributed by atoms with Gasteiger partial charge in [0.25, 0.3) is 5.91 Å². The second kappa shape index (κ2) is 8.26. The molecule has 1 heterocycles. The molecule has 0 aliphatic carbocycles. The number of esters is 1. The van der Waals surface area contributed by atoms with E-state index in [4.69, 9.17) is 9.47 Å². The van der Waals surface area contributed by atoms with Gasteiger partial charge in [-0.25, -0.2) is 9.78 Å². The van der Waals surface area contributed by atoms with Crippen LogP contribution in [0.15, 0.2) is 41.3 Å². The highest BCUT2D eigenvalue weighted by atomic mass is 32.1. The lowest BCUT2D eigenvalue weighted by Crippen LogP contribution is -2.20. The Morgan fingerprint density at radius 1 is 1.25 bits per heavy atom. The molecular formula is C17H18N2O4S. The number of hydrogen-bond acceptors (Lipinski definition) is 6. The molecule has 2 aromatic rings. The van der Waals surface area contributed by atoms with Crippen molar-refractivity contribution in [2.75, 3.05) is 19.0 Å². The maximum absolute atomic E-state index is 11.8. The summed E-state index contributed by atoms with van der Waals surface area (Å²) in [4.78, 5) is 27.5. The first-order valence-corrected chi connectivity index (χ1v) is 8.07. The number of ether oxygens (including phenoxy) is 2. The van der Waals surface area contributed by atoms with Gasteiger partial charge < -0.3 is 9.47 Å². The van der Waals surface area contributed by atoms with Gasteiger partial charge in [0.2, 0.25) is 0 Å². The number of anilines is 1. The first-order valence-electron chi connectivity index (χ1n) is 7.19. The smallest absolute Gasteiger partial charge is 0.331 e. The fourth-order valence-electron chi connectivity index (χ4n) is 1.79. The van der Waals surface area contributed by atoms with Crippen LogP contribution in [0.4, 0.5) is 5.13 Å². The second-order valence-corrected chi connectivity index (χ2v) is 6.00. The quantitative estimate of drug-likeness (QED) is 0.642. The van der Waals surface area contributed by atoms with Gasteiger partial charge in [0.1, 0.15) is 5.75 Å². The van der Waals surface area contributed by atoms with E-state index in [2.05, 4.69) is 10.3 Å². The van der Waals surface area contributed by atoms with E-state index in [1.54, 1.807) is 21.0 Å². The molecule has 1 aromatic carbocycles. The SMILES string of the molecule is COc1ccc(-c2csc(NC(=O)COC(=O)C=C(C)C)n2)cc1. The molecule has 0 spiro atoms. The molecule has 0 bridgehead atoms. The Kier molecular flexibility index (Phi) is 6.08. The number of nitrogens with one attached hydrogen (secondary N) is 1. The van der Waals surface area contributed by atoms with E-state index < -0.39 is 11.9 Å². The average molecular weight is 346 g/mol. The normalized spacial score (nSPS) is 9.96. The van der Waals surface area contributed by atoms with Crippen LogP contribution >= 0.6 is 11.3 Å². The van der Waals surface area contributed by atoms with Gasteiger partial charge in [-0.1, -0.05) is 5.57 Å². The van der Waals surface area contributed by atoms with Crippen LogP contribution in [0.25, 0.3) is 11.3 Å². The number of allylic oxidation sites excluding steroid dienone is 1. The van der Waals surface area contributed by atoms with E-state index in [0.29, 0.717) is 5.13 Å². The highest BCUT2D eigenvalue weighted by Gasteiger charge is 2.10. The van der Waals surface area contributed by atoms with Crippen molar-refractivity contribution in [2.24, 2.45) is 0 Å². The zero-order chi connectivity index (χ0) is 17.5. The van der Waals surface area contributed by atoms with Crippen LogP contribution in [-0.4, -0.2) is 30.6 Å². The third-order valence-electron chi connectivity index (χ3n) is 2.89. The third kappa shape index (κ3) is 5.20. The van der Waals surface area contributed by atoms with Crippen LogP contribution < -0.4 is 10.1 Å². The second-order valence-electron chi connectivity index (χ2n) is 5.14. The summed E-state index contributed by atoms with van der Waals surface area (Å²) >= 11 is 1.30. The predicted octanol–water partition coefficient (Wildman–Crippen LogP) is 3.27. The number of methoxy groups -OCH3 is 1. The monoisotopic (exact) mass is 346 g/mol. The van der Waals surface area contributed by atoms with Gasteiger partial charge in [0.15, 0.2) is 11.7 Å². The molecule has 1 aromatic heterocycles. The molecule has 2 rings (SSSR count). The van der Waals surface area contributed by atoms with Crippen molar-refractivity contribution in [1.29, 1.82) is 0 Å². The molecular weight excluding hydrogens is 328 g/mol. The van der Waals surface area contributed by atoms with Crippen molar-refractivity contribution < 1.29 is 19.1 Å². The summed E-state index contributed by atoms with van der Waals surface area (Å²) in [7, 11) is 1.61. The Morgan fingerprint density at radius 3 is 2.58 bits per heavy atom. The fraction of sp³-hybridized carbons (Fsp3) is 0.235. The van der Waals surface area contributed by atoms with Crippen LogP contribution in [0.3, 0.4) is 0 Å². The number of hydrogen-bond donors (Lipinski definition) is 1. The van der Waals surface area contributed by atoms with Crippen molar-refractivity contribution in [2.45, 2.75) is 13.8 Å². The maximum atomic E-state index is 11.8. The highest BCUT2D eigenvalue weighted by molar-refractivity contribution is 7.14. The lowest BCUT2D eigenvalue weighted by Gasteiger charge is -2.03. The molecule has 0 saturated heterocycles. The van der Waals surface area contributed by atoms with Gasteiger partial charge in [-0.05, 0) is 38.1 Å². The Hall–Kier alpha value is -2.67. The van der Waals surface area contributed by atoms with Crippen LogP contribution in [0.5, 0.6) is 5.75 Å². The molecule has 0 saturated carbocycles. The van der Waals surface area contributed by atoms with Crippen molar-refractivity contribution in [3.8, 4) is 17.0 Å². The molecule has 0 fully saturated rings. The first-order chi connectivity index (χ1) is 11.5. The number of thiazole rings is 1. The Balaban J connectivity index is 1.92. The van der Waals surface area contributed by atoms with Crippen LogP contribution in [0.2, 0.25) is 0 Å². The van der Waals surface area contributed by atoms with Crippen LogP contribution in [0, 0.1) is 0 Å². The van der Waals surface area contributed by atoms with Gasteiger partial charge in [-0.15, -0.1) is 11.3 Å². The van der Waals surface area contributed by atoms with Crippen molar-refractivity contribution in [1.82, 2.24) is 4.98 Å². The number of nitrogens with zero attached hydrogens (tertiary/aromatic N) is 1. The zero-order valence-corrected chi connectivity index (χ0v) is 14.5. The fourth-order valence-corrected chi connectivity index (χ4v) is 2.53. The molecule has 0 unspecified atom stereocenters. The van der Waals surface area contributed by atoms with Gasteiger partial charge in [-0.2, -0.15) is 0 Å². The summed E-state index contributed by atoms with van der Waals surface area (Å²) in [6, 6.07) is 7.46. The first kappa shape index (κ1) is 17.7. The Bertz CT molecular complexity index is 746. The molecule has 0 radical (unpaired) electrons. The zero-order valence-electron chi connectivity index (χ0n) is 13.7. The minimum atomic E-state index is -0.539. The summed E-state index contributed by atoms with van der Waals surface area (Å²) in [5.41, 5.74) is 2.48. The van der Waals surface area contributed by atoms with E-state index in [1.165, 1.54) is 17.4 Å². The summed E-state index contributed by atoms with van der Waals surface area (Å²) in [6.07, 6.45) is 1.33. The molecule has 1 amide bonds. The Morgan fingerprint density at radius 2 is 1.96 bits per heavy atom. The average Bonchev–Trinajstić information content (AvgIpc) is 3.01. The van der Waals surface area contributed by atoms with E-state index in [0.717, 1.165) is 22.6 Å². The number of carbonyl (C=O) groups is 2. The highest BCUT2D eigenvalue weighted by Crippen LogP contribution is 2.26. The lowest BCUT2D eigenvalue weighted by molar-refractivity contribution is -0.142. The van der Waals surface area contributed by atoms with Crippen molar-refractivity contribution in [3.05, 3.63) is 41.3 Å². The topological polar surface area (TPSA) is 77.5 Å². The van der Waals surface area contributed by atoms with Crippen molar-refractivity contribution >= 4 is 28.3 Å². The molecule has 0 atom stereocenters. The molecule has 0 aliphatic heterocycles. The van der Waals surface area contributed by atoms with Gasteiger partial charge in [-0.3, -0.25) is 10.1 Å². The largest absolute Gasteiger partial charge is 0.497 e. The molecule has 7 heteroatoms. The number of amides is 1. The number of rotatable bonds is 6. The van der Waals surface area contributed by atoms with Gasteiger partial charge in [0, 0.05) is 17.0 Å². The van der Waals surface area contributed by atoms with E-state index in [1.807, 2.05) is 29.6 Å². The van der Waals surface area contributed by atoms with Gasteiger partial charge in [0.05, 0.1) is 12.8 Å². The number of benzene rings is 1. The van der Waals surface area contributed by atoms with E-state index >= 15 is 0 Å². The van der Waals surface area contributed by atoms with Crippen LogP contribution in [-0.2, 0) is 14.3 Å². The Labute approximate surface area is 144 Å². The van der Waals surface area contributed by atoms with Crippen molar-refractivity contribution in [3.63, 3.8) is 0 Å². The molecule has 1 N–H and O–H groups in total. The third-order valence-corrected chi connectivity index (χ3v) is 3.65. The van der Waals surface area contributed by atoms with E-state index in [-0.39, 0.29) is 6.61 Å². The van der Waals surface area contributed by atoms with Gasteiger partial charge >= 0.3 is 5.97 Å². The standard InChI is InChI=1S/C17H18N2O4S/c1-11(2)8-16(21)23-9-15(20)19-17-18-14(10-24-17)12-4-6-13(22-3)7-5-12/h4-8,10H,9H2,1-3H3,(H,18,19,20). The minimum absolute atomic E-state index is 0.347. The molecule has 0 aliphatic rings. The summed E-state index contributed by atoms with van der Waals surface area (Å²) in [5, 5.41) is 4.90. The summed E-state index contributed by atoms with van der Waals surface area (Å²) in [6.45, 7) is 3.20. The lowest BCUT2D eigenvalue weighted by atomic mass is 10.2. The van der Waals surface area contributed by atoms with E-state index in [9.17, 15) is 9.59 Å². The number of aromatic nitrogens is 1.